The fraction of sp³-hybridized carbons (Fsp3) is 0.286. The third kappa shape index (κ3) is 5.49. The van der Waals surface area contributed by atoms with Gasteiger partial charge in [0.15, 0.2) is 0 Å². The summed E-state index contributed by atoms with van der Waals surface area (Å²) in [4.78, 5) is 29.5. The molecule has 0 aliphatic carbocycles. The second kappa shape index (κ2) is 10.4. The van der Waals surface area contributed by atoms with Gasteiger partial charge in [-0.3, -0.25) is 9.59 Å². The minimum absolute atomic E-state index is 0.0982. The summed E-state index contributed by atoms with van der Waals surface area (Å²) in [5, 5.41) is 3.47. The molecule has 1 saturated heterocycles. The van der Waals surface area contributed by atoms with Gasteiger partial charge < -0.3 is 15.1 Å². The molecule has 0 aromatic heterocycles. The van der Waals surface area contributed by atoms with Crippen LogP contribution in [-0.4, -0.2) is 54.8 Å². The predicted octanol–water partition coefficient (Wildman–Crippen LogP) is 5.50. The maximum absolute atomic E-state index is 12.9. The Kier molecular flexibility index (Phi) is 7.35. The molecule has 176 valence electrons. The number of benzene rings is 2. The summed E-state index contributed by atoms with van der Waals surface area (Å²) in [5.41, 5.74) is 6.02. The van der Waals surface area contributed by atoms with E-state index in [0.717, 1.165) is 66.1 Å². The molecule has 2 aliphatic rings. The van der Waals surface area contributed by atoms with E-state index in [1.165, 1.54) is 0 Å². The van der Waals surface area contributed by atoms with Crippen LogP contribution < -0.4 is 5.32 Å². The Morgan fingerprint density at radius 3 is 2.47 bits per heavy atom. The maximum Gasteiger partial charge on any atom is 0.256 e. The molecule has 2 aromatic carbocycles. The minimum atomic E-state index is -0.123. The Bertz CT molecular complexity index is 1190. The summed E-state index contributed by atoms with van der Waals surface area (Å²) in [6, 6.07) is 13.2. The zero-order valence-corrected chi connectivity index (χ0v) is 20.7. The van der Waals surface area contributed by atoms with Crippen molar-refractivity contribution in [2.45, 2.75) is 20.3 Å². The van der Waals surface area contributed by atoms with Gasteiger partial charge in [0.25, 0.3) is 11.8 Å². The van der Waals surface area contributed by atoms with Gasteiger partial charge in [0.2, 0.25) is 0 Å². The lowest BCUT2D eigenvalue weighted by Crippen LogP contribution is -2.34. The average Bonchev–Trinajstić information content (AvgIpc) is 2.97. The predicted molar refractivity (Wildman–Crippen MR) is 140 cm³/mol. The number of carbonyl (C=O) groups is 2. The smallest absolute Gasteiger partial charge is 0.256 e. The van der Waals surface area contributed by atoms with Gasteiger partial charge >= 0.3 is 0 Å². The molecule has 0 saturated carbocycles. The molecule has 0 radical (unpaired) electrons. The Labute approximate surface area is 206 Å². The number of halogens is 1. The van der Waals surface area contributed by atoms with Crippen LogP contribution in [0.15, 0.2) is 66.3 Å². The van der Waals surface area contributed by atoms with Gasteiger partial charge in [-0.2, -0.15) is 0 Å². The maximum atomic E-state index is 12.9. The summed E-state index contributed by atoms with van der Waals surface area (Å²) in [6.07, 6.45) is 6.90. The highest BCUT2D eigenvalue weighted by molar-refractivity contribution is 6.34. The molecule has 6 heteroatoms. The molecular formula is C28H30ClN3O2. The lowest BCUT2D eigenvalue weighted by Gasteiger charge is -2.20. The van der Waals surface area contributed by atoms with Gasteiger partial charge in [0.05, 0.1) is 0 Å². The number of rotatable bonds is 4. The van der Waals surface area contributed by atoms with Crippen molar-refractivity contribution in [1.29, 1.82) is 0 Å². The van der Waals surface area contributed by atoms with Gasteiger partial charge in [-0.15, -0.1) is 0 Å². The summed E-state index contributed by atoms with van der Waals surface area (Å²) in [6.45, 7) is 7.51. The van der Waals surface area contributed by atoms with E-state index in [9.17, 15) is 9.59 Å². The molecule has 5 nitrogen and oxygen atoms in total. The zero-order valence-electron chi connectivity index (χ0n) is 19.9. The third-order valence-corrected chi connectivity index (χ3v) is 6.56. The van der Waals surface area contributed by atoms with E-state index in [1.807, 2.05) is 73.4 Å². The fourth-order valence-corrected chi connectivity index (χ4v) is 4.41. The molecule has 0 bridgehead atoms. The lowest BCUT2D eigenvalue weighted by atomic mass is 10.0. The number of allylic oxidation sites excluding steroid dienone is 5. The van der Waals surface area contributed by atoms with Crippen LogP contribution in [-0.2, 0) is 4.79 Å². The largest absolute Gasteiger partial charge is 0.337 e. The van der Waals surface area contributed by atoms with Crippen LogP contribution in [0, 0.1) is 0 Å². The standard InChI is InChI=1S/C28H30ClN3O2/c1-19(17-25-24-18-23(29)11-12-26(24)30-27(25)33)5-6-20(2)21-7-9-22(10-8-21)28(34)32-14-4-13-31(3)15-16-32/h5-12,17-18H,4,13-16H2,1-3H3,(H,30,33)/b19-5+,20-6+,25-17+. The highest BCUT2D eigenvalue weighted by Gasteiger charge is 2.24. The second-order valence-electron chi connectivity index (χ2n) is 8.99. The molecule has 2 amide bonds. The first-order valence-electron chi connectivity index (χ1n) is 11.6. The normalized spacial score (nSPS) is 18.6. The minimum Gasteiger partial charge on any atom is -0.337 e. The highest BCUT2D eigenvalue weighted by atomic mass is 35.5. The first-order valence-corrected chi connectivity index (χ1v) is 12.0. The molecular weight excluding hydrogens is 446 g/mol. The van der Waals surface area contributed by atoms with Crippen molar-refractivity contribution < 1.29 is 9.59 Å². The van der Waals surface area contributed by atoms with Crippen molar-refractivity contribution in [3.63, 3.8) is 0 Å². The lowest BCUT2D eigenvalue weighted by molar-refractivity contribution is -0.110. The fourth-order valence-electron chi connectivity index (χ4n) is 4.24. The number of likely N-dealkylation sites (N-methyl/N-ethyl adjacent to an activating group) is 1. The molecule has 1 N–H and O–H groups in total. The van der Waals surface area contributed by atoms with Crippen LogP contribution in [0.5, 0.6) is 0 Å². The van der Waals surface area contributed by atoms with E-state index in [1.54, 1.807) is 6.07 Å². The van der Waals surface area contributed by atoms with Crippen LogP contribution in [0.2, 0.25) is 5.02 Å². The summed E-state index contributed by atoms with van der Waals surface area (Å²) >= 11 is 6.12. The van der Waals surface area contributed by atoms with Gasteiger partial charge in [-0.05, 0) is 81.4 Å². The van der Waals surface area contributed by atoms with E-state index in [2.05, 4.69) is 17.3 Å². The number of nitrogens with zero attached hydrogens (tertiary/aromatic N) is 2. The van der Waals surface area contributed by atoms with E-state index in [0.29, 0.717) is 10.6 Å². The van der Waals surface area contributed by atoms with E-state index < -0.39 is 0 Å². The van der Waals surface area contributed by atoms with Crippen LogP contribution in [0.25, 0.3) is 11.1 Å². The first kappa shape index (κ1) is 24.0. The molecule has 4 rings (SSSR count). The number of fused-ring (bicyclic) bond motifs is 1. The van der Waals surface area contributed by atoms with Crippen LogP contribution >= 0.6 is 11.6 Å². The van der Waals surface area contributed by atoms with Gasteiger partial charge in [-0.25, -0.2) is 0 Å². The average molecular weight is 476 g/mol. The summed E-state index contributed by atoms with van der Waals surface area (Å²) < 4.78 is 0. The number of nitrogens with one attached hydrogen (secondary N) is 1. The monoisotopic (exact) mass is 475 g/mol. The van der Waals surface area contributed by atoms with Crippen molar-refractivity contribution in [1.82, 2.24) is 9.80 Å². The van der Waals surface area contributed by atoms with Gasteiger partial charge in [0.1, 0.15) is 0 Å². The highest BCUT2D eigenvalue weighted by Crippen LogP contribution is 2.34. The molecule has 2 aliphatic heterocycles. The number of amides is 2. The van der Waals surface area contributed by atoms with Crippen molar-refractivity contribution >= 4 is 40.2 Å². The molecule has 34 heavy (non-hydrogen) atoms. The molecule has 2 aromatic rings. The number of hydrogen-bond donors (Lipinski definition) is 1. The van der Waals surface area contributed by atoms with E-state index in [-0.39, 0.29) is 11.8 Å². The second-order valence-corrected chi connectivity index (χ2v) is 9.43. The molecule has 0 spiro atoms. The summed E-state index contributed by atoms with van der Waals surface area (Å²) in [7, 11) is 2.10. The third-order valence-electron chi connectivity index (χ3n) is 6.33. The van der Waals surface area contributed by atoms with Gasteiger partial charge in [0, 0.05) is 47.0 Å². The molecule has 2 heterocycles. The quantitative estimate of drug-likeness (QED) is 0.469. The van der Waals surface area contributed by atoms with Crippen LogP contribution in [0.3, 0.4) is 0 Å². The topological polar surface area (TPSA) is 52.7 Å². The van der Waals surface area contributed by atoms with Crippen molar-refractivity contribution in [2.75, 3.05) is 38.5 Å². The Balaban J connectivity index is 1.46. The van der Waals surface area contributed by atoms with Crippen molar-refractivity contribution in [2.24, 2.45) is 0 Å². The SMILES string of the molecule is CC(=C\C=C(/C)c1ccc(C(=O)N2CCCN(C)CC2)cc1)/C=C1/C(=O)Nc2ccc(Cl)cc21. The Morgan fingerprint density at radius 2 is 1.71 bits per heavy atom. The number of hydrogen-bond acceptors (Lipinski definition) is 3. The van der Waals surface area contributed by atoms with Crippen molar-refractivity contribution in [3.05, 3.63) is 88.0 Å². The van der Waals surface area contributed by atoms with Crippen LogP contribution in [0.4, 0.5) is 5.69 Å². The van der Waals surface area contributed by atoms with Gasteiger partial charge in [-0.1, -0.05) is 41.5 Å². The molecule has 1 fully saturated rings. The molecule has 0 atom stereocenters. The van der Waals surface area contributed by atoms with Crippen molar-refractivity contribution in [3.8, 4) is 0 Å². The summed E-state index contributed by atoms with van der Waals surface area (Å²) in [5.74, 6) is -0.0249. The Hall–Kier alpha value is -3.15. The van der Waals surface area contributed by atoms with Crippen LogP contribution in [0.1, 0.15) is 41.8 Å². The molecule has 0 unspecified atom stereocenters. The Morgan fingerprint density at radius 1 is 0.971 bits per heavy atom. The number of anilines is 1. The van der Waals surface area contributed by atoms with E-state index >= 15 is 0 Å². The first-order chi connectivity index (χ1) is 16.3. The van der Waals surface area contributed by atoms with E-state index in [4.69, 9.17) is 11.6 Å². The number of carbonyl (C=O) groups excluding carboxylic acids is 2. The zero-order chi connectivity index (χ0) is 24.2.